The summed E-state index contributed by atoms with van der Waals surface area (Å²) in [6.45, 7) is 4.09. The molecule has 1 aliphatic rings. The van der Waals surface area contributed by atoms with Gasteiger partial charge < -0.3 is 15.2 Å². The Morgan fingerprint density at radius 3 is 2.67 bits per heavy atom. The van der Waals surface area contributed by atoms with Crippen LogP contribution in [-0.2, 0) is 0 Å². The molecule has 1 fully saturated rings. The van der Waals surface area contributed by atoms with Crippen LogP contribution < -0.4 is 10.1 Å². The highest BCUT2D eigenvalue weighted by molar-refractivity contribution is 9.10. The monoisotopic (exact) mass is 333 g/mol. The Bertz CT molecular complexity index is 465. The molecule has 0 bridgehead atoms. The Kier molecular flexibility index (Phi) is 3.81. The van der Waals surface area contributed by atoms with Gasteiger partial charge in [0.05, 0.1) is 23.4 Å². The lowest BCUT2D eigenvalue weighted by molar-refractivity contribution is -0.0511. The first-order valence-corrected chi connectivity index (χ1v) is 7.01. The molecular weight excluding hydrogens is 318 g/mol. The first-order chi connectivity index (χ1) is 8.36. The lowest BCUT2D eigenvalue weighted by Gasteiger charge is -2.50. The molecule has 0 aliphatic heterocycles. The second-order valence-electron chi connectivity index (χ2n) is 5.24. The first-order valence-electron chi connectivity index (χ1n) is 5.84. The van der Waals surface area contributed by atoms with Gasteiger partial charge in [-0.3, -0.25) is 0 Å². The van der Waals surface area contributed by atoms with E-state index in [1.807, 2.05) is 19.9 Å². The summed E-state index contributed by atoms with van der Waals surface area (Å²) < 4.78 is 6.18. The first kappa shape index (κ1) is 14.0. The summed E-state index contributed by atoms with van der Waals surface area (Å²) in [5.41, 5.74) is 0.710. The predicted octanol–water partition coefficient (Wildman–Crippen LogP) is 3.68. The number of hydrogen-bond acceptors (Lipinski definition) is 3. The van der Waals surface area contributed by atoms with Gasteiger partial charge in [0.1, 0.15) is 0 Å². The minimum absolute atomic E-state index is 0.139. The largest absolute Gasteiger partial charge is 0.493 e. The van der Waals surface area contributed by atoms with Crippen LogP contribution in [0, 0.1) is 5.41 Å². The van der Waals surface area contributed by atoms with E-state index in [1.165, 1.54) is 0 Å². The molecule has 0 spiro atoms. The average Bonchev–Trinajstić information content (AvgIpc) is 2.28. The van der Waals surface area contributed by atoms with Crippen LogP contribution in [0.5, 0.6) is 5.75 Å². The summed E-state index contributed by atoms with van der Waals surface area (Å²) in [6.07, 6.45) is 0.476. The number of aliphatic hydroxyl groups excluding tert-OH is 1. The van der Waals surface area contributed by atoms with Gasteiger partial charge in [-0.05, 0) is 34.5 Å². The van der Waals surface area contributed by atoms with Crippen molar-refractivity contribution in [3.05, 3.63) is 21.6 Å². The normalized spacial score (nSPS) is 25.4. The van der Waals surface area contributed by atoms with Gasteiger partial charge in [-0.1, -0.05) is 25.4 Å². The third-order valence-corrected chi connectivity index (χ3v) is 4.57. The third kappa shape index (κ3) is 2.33. The number of hydrogen-bond donors (Lipinski definition) is 2. The van der Waals surface area contributed by atoms with Crippen LogP contribution in [0.2, 0.25) is 5.02 Å². The van der Waals surface area contributed by atoms with Crippen molar-refractivity contribution in [2.75, 3.05) is 12.4 Å². The van der Waals surface area contributed by atoms with Gasteiger partial charge in [-0.2, -0.15) is 0 Å². The highest BCUT2D eigenvalue weighted by Gasteiger charge is 2.47. The molecule has 100 valence electrons. The molecule has 1 aromatic carbocycles. The summed E-state index contributed by atoms with van der Waals surface area (Å²) in [7, 11) is 1.62. The van der Waals surface area contributed by atoms with Gasteiger partial charge >= 0.3 is 0 Å². The molecule has 1 aromatic rings. The molecule has 2 atom stereocenters. The lowest BCUT2D eigenvalue weighted by Crippen LogP contribution is -2.56. The van der Waals surface area contributed by atoms with E-state index in [0.717, 1.165) is 22.3 Å². The van der Waals surface area contributed by atoms with Gasteiger partial charge in [-0.25, -0.2) is 0 Å². The third-order valence-electron chi connectivity index (χ3n) is 3.76. The van der Waals surface area contributed by atoms with Crippen molar-refractivity contribution >= 4 is 33.2 Å². The maximum atomic E-state index is 9.75. The van der Waals surface area contributed by atoms with Crippen molar-refractivity contribution in [3.8, 4) is 5.75 Å². The van der Waals surface area contributed by atoms with E-state index in [4.69, 9.17) is 16.3 Å². The average molecular weight is 335 g/mol. The van der Waals surface area contributed by atoms with Crippen LogP contribution in [0.25, 0.3) is 0 Å². The molecule has 18 heavy (non-hydrogen) atoms. The summed E-state index contributed by atoms with van der Waals surface area (Å²) in [5.74, 6) is 0.733. The highest BCUT2D eigenvalue weighted by atomic mass is 79.9. The number of rotatable bonds is 3. The maximum Gasteiger partial charge on any atom is 0.156 e. The standard InChI is InChI=1S/C13H17BrClNO2/c1-13(2)10(6-11(13)17)16-9-5-7(15)4-8(14)12(9)18-3/h4-5,10-11,16-17H,6H2,1-3H3. The predicted molar refractivity (Wildman–Crippen MR) is 77.5 cm³/mol. The summed E-state index contributed by atoms with van der Waals surface area (Å²) in [4.78, 5) is 0. The van der Waals surface area contributed by atoms with E-state index in [2.05, 4.69) is 21.2 Å². The van der Waals surface area contributed by atoms with Gasteiger partial charge in [0.25, 0.3) is 0 Å². The molecule has 0 amide bonds. The Morgan fingerprint density at radius 1 is 1.50 bits per heavy atom. The fourth-order valence-electron chi connectivity index (χ4n) is 2.21. The summed E-state index contributed by atoms with van der Waals surface area (Å²) in [5, 5.41) is 13.8. The van der Waals surface area contributed by atoms with Crippen LogP contribution in [0.3, 0.4) is 0 Å². The minimum Gasteiger partial charge on any atom is -0.493 e. The van der Waals surface area contributed by atoms with Gasteiger partial charge in [0, 0.05) is 16.5 Å². The molecule has 0 heterocycles. The van der Waals surface area contributed by atoms with Crippen LogP contribution >= 0.6 is 27.5 Å². The van der Waals surface area contributed by atoms with Crippen LogP contribution in [0.1, 0.15) is 20.3 Å². The molecule has 1 saturated carbocycles. The van der Waals surface area contributed by atoms with Crippen molar-refractivity contribution in [1.29, 1.82) is 0 Å². The van der Waals surface area contributed by atoms with E-state index < -0.39 is 0 Å². The summed E-state index contributed by atoms with van der Waals surface area (Å²) in [6, 6.07) is 3.85. The topological polar surface area (TPSA) is 41.5 Å². The zero-order chi connectivity index (χ0) is 13.5. The number of anilines is 1. The molecule has 2 rings (SSSR count). The Morgan fingerprint density at radius 2 is 2.17 bits per heavy atom. The highest BCUT2D eigenvalue weighted by Crippen LogP contribution is 2.45. The Labute approximate surface area is 121 Å². The summed E-state index contributed by atoms with van der Waals surface area (Å²) >= 11 is 9.48. The maximum absolute atomic E-state index is 9.75. The number of benzene rings is 1. The number of ether oxygens (including phenoxy) is 1. The Balaban J connectivity index is 2.24. The van der Waals surface area contributed by atoms with Crippen molar-refractivity contribution in [3.63, 3.8) is 0 Å². The number of halogens is 2. The van der Waals surface area contributed by atoms with E-state index in [9.17, 15) is 5.11 Å². The molecule has 5 heteroatoms. The molecule has 0 saturated heterocycles. The number of aliphatic hydroxyl groups is 1. The zero-order valence-corrected chi connectivity index (χ0v) is 13.0. The van der Waals surface area contributed by atoms with Crippen molar-refractivity contribution < 1.29 is 9.84 Å². The fourth-order valence-corrected chi connectivity index (χ4v) is 3.18. The van der Waals surface area contributed by atoms with E-state index in [0.29, 0.717) is 5.02 Å². The second kappa shape index (κ2) is 4.91. The molecule has 0 aromatic heterocycles. The second-order valence-corrected chi connectivity index (χ2v) is 6.53. The SMILES string of the molecule is COc1c(Br)cc(Cl)cc1NC1CC(O)C1(C)C. The van der Waals surface area contributed by atoms with Crippen molar-refractivity contribution in [2.45, 2.75) is 32.4 Å². The van der Waals surface area contributed by atoms with Gasteiger partial charge in [0.2, 0.25) is 0 Å². The van der Waals surface area contributed by atoms with E-state index >= 15 is 0 Å². The molecule has 2 unspecified atom stereocenters. The zero-order valence-electron chi connectivity index (χ0n) is 10.6. The van der Waals surface area contributed by atoms with Crippen molar-refractivity contribution in [2.24, 2.45) is 5.41 Å². The fraction of sp³-hybridized carbons (Fsp3) is 0.538. The van der Waals surface area contributed by atoms with E-state index in [1.54, 1.807) is 13.2 Å². The van der Waals surface area contributed by atoms with Crippen LogP contribution in [0.15, 0.2) is 16.6 Å². The van der Waals surface area contributed by atoms with E-state index in [-0.39, 0.29) is 17.6 Å². The Hall–Kier alpha value is -0.450. The molecule has 0 radical (unpaired) electrons. The smallest absolute Gasteiger partial charge is 0.156 e. The van der Waals surface area contributed by atoms with Crippen LogP contribution in [-0.4, -0.2) is 24.4 Å². The number of nitrogens with one attached hydrogen (secondary N) is 1. The molecule has 3 nitrogen and oxygen atoms in total. The number of methoxy groups -OCH3 is 1. The lowest BCUT2D eigenvalue weighted by atomic mass is 9.64. The molecule has 1 aliphatic carbocycles. The quantitative estimate of drug-likeness (QED) is 0.886. The van der Waals surface area contributed by atoms with Crippen LogP contribution in [0.4, 0.5) is 5.69 Å². The van der Waals surface area contributed by atoms with Gasteiger partial charge in [-0.15, -0.1) is 0 Å². The molecular formula is C13H17BrClNO2. The van der Waals surface area contributed by atoms with Gasteiger partial charge in [0.15, 0.2) is 5.75 Å². The molecule has 2 N–H and O–H groups in total. The minimum atomic E-state index is -0.261. The van der Waals surface area contributed by atoms with Crippen molar-refractivity contribution in [1.82, 2.24) is 0 Å².